The number of hydrogen-bond donors (Lipinski definition) is 0. The molecule has 1 unspecified atom stereocenters. The molecule has 0 saturated carbocycles. The van der Waals surface area contributed by atoms with Gasteiger partial charge >= 0.3 is 5.97 Å². The minimum atomic E-state index is -0.190. The summed E-state index contributed by atoms with van der Waals surface area (Å²) in [5.74, 6) is 0.858. The molecule has 1 aromatic carbocycles. The van der Waals surface area contributed by atoms with Crippen LogP contribution in [0.1, 0.15) is 26.7 Å². The highest BCUT2D eigenvalue weighted by Gasteiger charge is 2.29. The van der Waals surface area contributed by atoms with E-state index in [-0.39, 0.29) is 23.9 Å². The molecule has 0 spiro atoms. The van der Waals surface area contributed by atoms with Gasteiger partial charge in [0.2, 0.25) is 5.91 Å². The average Bonchev–Trinajstić information content (AvgIpc) is 3.00. The van der Waals surface area contributed by atoms with Crippen LogP contribution in [0, 0.1) is 5.92 Å². The van der Waals surface area contributed by atoms with Crippen molar-refractivity contribution in [2.75, 3.05) is 37.7 Å². The molecule has 1 amide bonds. The van der Waals surface area contributed by atoms with Crippen molar-refractivity contribution in [3.63, 3.8) is 0 Å². The highest BCUT2D eigenvalue weighted by Crippen LogP contribution is 2.30. The van der Waals surface area contributed by atoms with Crippen LogP contribution in [0.15, 0.2) is 24.3 Å². The van der Waals surface area contributed by atoms with E-state index in [2.05, 4.69) is 11.0 Å². The van der Waals surface area contributed by atoms with E-state index < -0.39 is 0 Å². The van der Waals surface area contributed by atoms with Crippen LogP contribution in [0.3, 0.4) is 0 Å². The third-order valence-electron chi connectivity index (χ3n) is 4.60. The Kier molecular flexibility index (Phi) is 5.46. The van der Waals surface area contributed by atoms with Gasteiger partial charge in [0.1, 0.15) is 5.75 Å². The Bertz CT molecular complexity index is 624. The van der Waals surface area contributed by atoms with Gasteiger partial charge in [-0.05, 0) is 26.0 Å². The van der Waals surface area contributed by atoms with Crippen LogP contribution >= 0.6 is 0 Å². The monoisotopic (exact) mass is 346 g/mol. The third-order valence-corrected chi connectivity index (χ3v) is 4.60. The zero-order valence-electron chi connectivity index (χ0n) is 14.9. The summed E-state index contributed by atoms with van der Waals surface area (Å²) in [6.45, 7) is 7.36. The first-order valence-corrected chi connectivity index (χ1v) is 8.97. The van der Waals surface area contributed by atoms with Gasteiger partial charge in [-0.3, -0.25) is 9.59 Å². The number of piperazine rings is 1. The number of carbonyl (C=O) groups excluding carboxylic acids is 2. The van der Waals surface area contributed by atoms with Gasteiger partial charge in [-0.15, -0.1) is 0 Å². The van der Waals surface area contributed by atoms with Crippen molar-refractivity contribution in [3.8, 4) is 5.75 Å². The van der Waals surface area contributed by atoms with Gasteiger partial charge in [0.05, 0.1) is 24.8 Å². The minimum Gasteiger partial charge on any atom is -0.489 e. The van der Waals surface area contributed by atoms with Gasteiger partial charge in [-0.2, -0.15) is 0 Å². The Morgan fingerprint density at radius 2 is 1.96 bits per heavy atom. The Balaban J connectivity index is 1.55. The normalized spacial score (nSPS) is 20.8. The minimum absolute atomic E-state index is 0.0400. The highest BCUT2D eigenvalue weighted by molar-refractivity contribution is 5.79. The molecule has 0 aromatic heterocycles. The predicted octanol–water partition coefficient (Wildman–Crippen LogP) is 2.08. The zero-order valence-corrected chi connectivity index (χ0v) is 14.9. The van der Waals surface area contributed by atoms with E-state index in [0.29, 0.717) is 32.5 Å². The van der Waals surface area contributed by atoms with E-state index in [1.165, 1.54) is 0 Å². The maximum absolute atomic E-state index is 12.4. The molecule has 136 valence electrons. The number of amides is 1. The number of ether oxygens (including phenoxy) is 2. The number of nitrogens with zero attached hydrogens (tertiary/aromatic N) is 2. The average molecular weight is 346 g/mol. The van der Waals surface area contributed by atoms with E-state index in [1.807, 2.05) is 36.9 Å². The Morgan fingerprint density at radius 3 is 2.60 bits per heavy atom. The third kappa shape index (κ3) is 4.44. The van der Waals surface area contributed by atoms with Crippen LogP contribution in [0.4, 0.5) is 5.69 Å². The van der Waals surface area contributed by atoms with E-state index in [4.69, 9.17) is 9.47 Å². The standard InChI is InChI=1S/C19H26N2O4/c1-14(2)25-17-6-4-3-5-16(17)20-7-9-21(10-8-20)18(22)11-15-12-19(23)24-13-15/h3-6,14-15H,7-13H2,1-2H3. The molecule has 6 heteroatoms. The molecular weight excluding hydrogens is 320 g/mol. The lowest BCUT2D eigenvalue weighted by Gasteiger charge is -2.37. The molecule has 0 radical (unpaired) electrons. The second kappa shape index (κ2) is 7.76. The number of anilines is 1. The first-order valence-electron chi connectivity index (χ1n) is 8.97. The van der Waals surface area contributed by atoms with Gasteiger partial charge < -0.3 is 19.3 Å². The van der Waals surface area contributed by atoms with Crippen molar-refractivity contribution < 1.29 is 19.1 Å². The molecule has 2 heterocycles. The predicted molar refractivity (Wildman–Crippen MR) is 94.7 cm³/mol. The largest absolute Gasteiger partial charge is 0.489 e. The van der Waals surface area contributed by atoms with Crippen molar-refractivity contribution in [2.24, 2.45) is 5.92 Å². The smallest absolute Gasteiger partial charge is 0.306 e. The van der Waals surface area contributed by atoms with Gasteiger partial charge in [-0.25, -0.2) is 0 Å². The summed E-state index contributed by atoms with van der Waals surface area (Å²) in [4.78, 5) is 27.7. The fourth-order valence-corrected chi connectivity index (χ4v) is 3.34. The number of esters is 1. The first kappa shape index (κ1) is 17.6. The van der Waals surface area contributed by atoms with Crippen LogP contribution in [0.2, 0.25) is 0 Å². The summed E-state index contributed by atoms with van der Waals surface area (Å²) >= 11 is 0. The molecule has 1 atom stereocenters. The van der Waals surface area contributed by atoms with Crippen LogP contribution < -0.4 is 9.64 Å². The van der Waals surface area contributed by atoms with Gasteiger partial charge in [0.25, 0.3) is 0 Å². The fraction of sp³-hybridized carbons (Fsp3) is 0.579. The topological polar surface area (TPSA) is 59.1 Å². The second-order valence-corrected chi connectivity index (χ2v) is 6.96. The van der Waals surface area contributed by atoms with Crippen molar-refractivity contribution in [1.29, 1.82) is 0 Å². The summed E-state index contributed by atoms with van der Waals surface area (Å²) in [6.07, 6.45) is 0.894. The number of benzene rings is 1. The summed E-state index contributed by atoms with van der Waals surface area (Å²) in [6, 6.07) is 8.05. The second-order valence-electron chi connectivity index (χ2n) is 6.96. The molecule has 2 aliphatic heterocycles. The van der Waals surface area contributed by atoms with Crippen molar-refractivity contribution in [3.05, 3.63) is 24.3 Å². The fourth-order valence-electron chi connectivity index (χ4n) is 3.34. The Morgan fingerprint density at radius 1 is 1.24 bits per heavy atom. The molecule has 3 rings (SSSR count). The molecule has 0 N–H and O–H groups in total. The number of rotatable bonds is 5. The van der Waals surface area contributed by atoms with Crippen molar-refractivity contribution >= 4 is 17.6 Å². The quantitative estimate of drug-likeness (QED) is 0.764. The maximum Gasteiger partial charge on any atom is 0.306 e. The first-order chi connectivity index (χ1) is 12.0. The van der Waals surface area contributed by atoms with Crippen molar-refractivity contribution in [2.45, 2.75) is 32.8 Å². The molecular formula is C19H26N2O4. The maximum atomic E-state index is 12.4. The molecule has 2 fully saturated rings. The number of para-hydroxylation sites is 2. The van der Waals surface area contributed by atoms with Crippen LogP contribution in [0.5, 0.6) is 5.75 Å². The van der Waals surface area contributed by atoms with E-state index in [0.717, 1.165) is 24.5 Å². The zero-order chi connectivity index (χ0) is 17.8. The lowest BCUT2D eigenvalue weighted by molar-refractivity contribution is -0.138. The lowest BCUT2D eigenvalue weighted by Crippen LogP contribution is -2.49. The van der Waals surface area contributed by atoms with Crippen LogP contribution in [-0.4, -0.2) is 55.7 Å². The SMILES string of the molecule is CC(C)Oc1ccccc1N1CCN(C(=O)CC2COC(=O)C2)CC1. The summed E-state index contributed by atoms with van der Waals surface area (Å²) in [5, 5.41) is 0. The molecule has 25 heavy (non-hydrogen) atoms. The van der Waals surface area contributed by atoms with Gasteiger partial charge in [-0.1, -0.05) is 12.1 Å². The molecule has 2 aliphatic rings. The van der Waals surface area contributed by atoms with Crippen LogP contribution in [-0.2, 0) is 14.3 Å². The molecule has 0 bridgehead atoms. The van der Waals surface area contributed by atoms with E-state index in [1.54, 1.807) is 0 Å². The van der Waals surface area contributed by atoms with Gasteiger partial charge in [0, 0.05) is 38.5 Å². The Labute approximate surface area is 148 Å². The highest BCUT2D eigenvalue weighted by atomic mass is 16.5. The summed E-state index contributed by atoms with van der Waals surface area (Å²) in [7, 11) is 0. The number of hydrogen-bond acceptors (Lipinski definition) is 5. The van der Waals surface area contributed by atoms with Gasteiger partial charge in [0.15, 0.2) is 0 Å². The molecule has 0 aliphatic carbocycles. The molecule has 2 saturated heterocycles. The summed E-state index contributed by atoms with van der Waals surface area (Å²) in [5.41, 5.74) is 1.08. The van der Waals surface area contributed by atoms with Crippen LogP contribution in [0.25, 0.3) is 0 Å². The molecule has 1 aromatic rings. The number of cyclic esters (lactones) is 1. The van der Waals surface area contributed by atoms with E-state index >= 15 is 0 Å². The lowest BCUT2D eigenvalue weighted by atomic mass is 10.0. The van der Waals surface area contributed by atoms with Crippen molar-refractivity contribution in [1.82, 2.24) is 4.90 Å². The summed E-state index contributed by atoms with van der Waals surface area (Å²) < 4.78 is 10.8. The molecule has 6 nitrogen and oxygen atoms in total. The van der Waals surface area contributed by atoms with E-state index in [9.17, 15) is 9.59 Å². The number of carbonyl (C=O) groups is 2. The Hall–Kier alpha value is -2.24.